The summed E-state index contributed by atoms with van der Waals surface area (Å²) in [5.41, 5.74) is 0. The van der Waals surface area contributed by atoms with E-state index in [1.165, 1.54) is 0 Å². The Balaban J connectivity index is 2.72. The lowest BCUT2D eigenvalue weighted by Gasteiger charge is -1.80. The largest absolute Gasteiger partial charge is 0.422 e. The molecule has 5 nitrogen and oxygen atoms in total. The van der Waals surface area contributed by atoms with Crippen molar-refractivity contribution >= 4 is 5.97 Å². The van der Waals surface area contributed by atoms with E-state index >= 15 is 0 Å². The maximum atomic E-state index is 10.6. The quantitative estimate of drug-likeness (QED) is 0.384. The highest BCUT2D eigenvalue weighted by Gasteiger charge is 2.35. The van der Waals surface area contributed by atoms with Crippen molar-refractivity contribution < 1.29 is 19.4 Å². The topological polar surface area (TPSA) is 66.6 Å². The number of carbonyl (C=O) groups excluding carboxylic acids is 1. The number of nitrogens with zero attached hydrogens (tertiary/aromatic N) is 1. The first-order valence-corrected chi connectivity index (χ1v) is 2.70. The van der Waals surface area contributed by atoms with Gasteiger partial charge in [0.1, 0.15) is 0 Å². The van der Waals surface area contributed by atoms with Crippen molar-refractivity contribution in [2.75, 3.05) is 13.2 Å². The smallest absolute Gasteiger partial charge is 0.392 e. The van der Waals surface area contributed by atoms with Gasteiger partial charge in [0.05, 0.1) is 17.4 Å². The van der Waals surface area contributed by atoms with Crippen molar-refractivity contribution in [1.29, 1.82) is 0 Å². The Morgan fingerprint density at radius 3 is 2.90 bits per heavy atom. The third kappa shape index (κ3) is 1.19. The standard InChI is InChI=1S/C5H6NO4/c7-2-1-4-6(9)3-5(8)10-4/h1,7H,2-3H2/q+1. The molecule has 0 aromatic carbocycles. The van der Waals surface area contributed by atoms with Crippen LogP contribution >= 0.6 is 0 Å². The van der Waals surface area contributed by atoms with Crippen molar-refractivity contribution in [2.45, 2.75) is 0 Å². The van der Waals surface area contributed by atoms with Gasteiger partial charge in [-0.3, -0.25) is 0 Å². The number of cyclic esters (lactones) is 1. The van der Waals surface area contributed by atoms with Gasteiger partial charge in [0.2, 0.25) is 0 Å². The molecular formula is C5H6NO4+. The van der Waals surface area contributed by atoms with E-state index in [1.807, 2.05) is 0 Å². The van der Waals surface area contributed by atoms with Gasteiger partial charge in [0.25, 0.3) is 6.54 Å². The normalized spacial score (nSPS) is 21.9. The maximum absolute atomic E-state index is 10.6. The molecule has 1 aliphatic rings. The van der Waals surface area contributed by atoms with Crippen LogP contribution in [0.15, 0.2) is 12.0 Å². The monoisotopic (exact) mass is 144 g/mol. The average molecular weight is 144 g/mol. The van der Waals surface area contributed by atoms with Gasteiger partial charge in [-0.25, -0.2) is 4.79 Å². The molecule has 1 fully saturated rings. The van der Waals surface area contributed by atoms with E-state index in [-0.39, 0.29) is 19.0 Å². The van der Waals surface area contributed by atoms with Gasteiger partial charge in [-0.1, -0.05) is 0 Å². The molecule has 1 rings (SSSR count). The van der Waals surface area contributed by atoms with Crippen molar-refractivity contribution in [2.24, 2.45) is 0 Å². The summed E-state index contributed by atoms with van der Waals surface area (Å²) in [6, 6.07) is 0. The number of ether oxygens (including phenoxy) is 1. The first-order chi connectivity index (χ1) is 4.74. The molecule has 1 N–H and O–H groups in total. The van der Waals surface area contributed by atoms with Gasteiger partial charge < -0.3 is 9.84 Å². The molecule has 54 valence electrons. The van der Waals surface area contributed by atoms with Crippen LogP contribution in [-0.2, 0) is 9.53 Å². The van der Waals surface area contributed by atoms with Crippen LogP contribution in [-0.4, -0.2) is 29.0 Å². The number of hydrogen-bond acceptors (Lipinski definition) is 4. The van der Waals surface area contributed by atoms with Crippen LogP contribution in [0.5, 0.6) is 0 Å². The zero-order valence-corrected chi connectivity index (χ0v) is 5.11. The average Bonchev–Trinajstić information content (AvgIpc) is 2.13. The summed E-state index contributed by atoms with van der Waals surface area (Å²) in [5, 5.41) is 8.30. The predicted molar refractivity (Wildman–Crippen MR) is 29.8 cm³/mol. The SMILES string of the molecule is O=C1C[N+](=O)C(=CCO)O1. The zero-order valence-electron chi connectivity index (χ0n) is 5.11. The molecule has 0 aliphatic carbocycles. The second-order valence-electron chi connectivity index (χ2n) is 1.74. The molecule has 0 spiro atoms. The highest BCUT2D eigenvalue weighted by Crippen LogP contribution is 2.07. The number of aliphatic hydroxyl groups excluding tert-OH is 1. The third-order valence-electron chi connectivity index (χ3n) is 1.00. The lowest BCUT2D eigenvalue weighted by Crippen LogP contribution is -2.02. The number of hydrogen-bond donors (Lipinski definition) is 1. The Hall–Kier alpha value is -1.23. The molecule has 1 aliphatic heterocycles. The van der Waals surface area contributed by atoms with E-state index in [9.17, 15) is 9.70 Å². The van der Waals surface area contributed by atoms with E-state index < -0.39 is 5.97 Å². The van der Waals surface area contributed by atoms with Crippen molar-refractivity contribution in [1.82, 2.24) is 0 Å². The highest BCUT2D eigenvalue weighted by atomic mass is 16.6. The molecule has 1 heterocycles. The summed E-state index contributed by atoms with van der Waals surface area (Å²) in [7, 11) is 0. The van der Waals surface area contributed by atoms with E-state index in [1.54, 1.807) is 0 Å². The summed E-state index contributed by atoms with van der Waals surface area (Å²) in [6.45, 7) is -0.590. The van der Waals surface area contributed by atoms with Crippen LogP contribution in [0.25, 0.3) is 0 Å². The van der Waals surface area contributed by atoms with E-state index in [4.69, 9.17) is 5.11 Å². The van der Waals surface area contributed by atoms with Crippen LogP contribution in [0, 0.1) is 4.91 Å². The second kappa shape index (κ2) is 2.57. The molecule has 5 heteroatoms. The number of nitroso groups, excluding NO2 is 1. The fourth-order valence-electron chi connectivity index (χ4n) is 0.617. The van der Waals surface area contributed by atoms with Gasteiger partial charge in [-0.15, -0.1) is 0 Å². The minimum Gasteiger partial charge on any atom is -0.392 e. The van der Waals surface area contributed by atoms with Crippen LogP contribution in [0.3, 0.4) is 0 Å². The fourth-order valence-corrected chi connectivity index (χ4v) is 0.617. The summed E-state index contributed by atoms with van der Waals surface area (Å²) < 4.78 is 4.78. The molecule has 0 aromatic rings. The molecule has 0 saturated carbocycles. The lowest BCUT2D eigenvalue weighted by molar-refractivity contribution is -0.490. The first kappa shape index (κ1) is 6.88. The van der Waals surface area contributed by atoms with Crippen molar-refractivity contribution in [3.63, 3.8) is 0 Å². The Labute approximate surface area is 56.5 Å². The molecule has 1 saturated heterocycles. The maximum Gasteiger partial charge on any atom is 0.422 e. The Morgan fingerprint density at radius 1 is 1.80 bits per heavy atom. The number of esters is 1. The van der Waals surface area contributed by atoms with Gasteiger partial charge >= 0.3 is 11.9 Å². The Morgan fingerprint density at radius 2 is 2.50 bits per heavy atom. The molecule has 0 atom stereocenters. The molecule has 0 bridgehead atoms. The van der Waals surface area contributed by atoms with Crippen LogP contribution in [0.2, 0.25) is 0 Å². The summed E-state index contributed by atoms with van der Waals surface area (Å²) >= 11 is 0. The molecule has 0 radical (unpaired) electrons. The third-order valence-corrected chi connectivity index (χ3v) is 1.00. The van der Waals surface area contributed by atoms with Crippen LogP contribution in [0.4, 0.5) is 0 Å². The lowest BCUT2D eigenvalue weighted by atomic mass is 10.6. The minimum atomic E-state index is -0.588. The second-order valence-corrected chi connectivity index (χ2v) is 1.74. The number of aliphatic hydroxyl groups is 1. The van der Waals surface area contributed by atoms with Gasteiger partial charge in [0, 0.05) is 4.91 Å². The van der Waals surface area contributed by atoms with Crippen LogP contribution in [0.1, 0.15) is 0 Å². The predicted octanol–water partition coefficient (Wildman–Crippen LogP) is -0.844. The van der Waals surface area contributed by atoms with E-state index in [2.05, 4.69) is 4.74 Å². The number of carbonyl (C=O) groups is 1. The summed E-state index contributed by atoms with van der Waals surface area (Å²) in [6.07, 6.45) is 1.14. The molecular weight excluding hydrogens is 138 g/mol. The first-order valence-electron chi connectivity index (χ1n) is 2.70. The summed E-state index contributed by atoms with van der Waals surface area (Å²) in [4.78, 5) is 20.9. The van der Waals surface area contributed by atoms with E-state index in [0.29, 0.717) is 4.76 Å². The molecule has 10 heavy (non-hydrogen) atoms. The molecule has 0 unspecified atom stereocenters. The fraction of sp³-hybridized carbons (Fsp3) is 0.400. The molecule has 0 amide bonds. The number of rotatable bonds is 1. The van der Waals surface area contributed by atoms with Crippen molar-refractivity contribution in [3.05, 3.63) is 16.9 Å². The Bertz CT molecular complexity index is 208. The molecule has 0 aromatic heterocycles. The van der Waals surface area contributed by atoms with Gasteiger partial charge in [-0.05, 0) is 0 Å². The van der Waals surface area contributed by atoms with Crippen molar-refractivity contribution in [3.8, 4) is 0 Å². The van der Waals surface area contributed by atoms with Crippen LogP contribution < -0.4 is 0 Å². The summed E-state index contributed by atoms with van der Waals surface area (Å²) in [5.74, 6) is -0.706. The van der Waals surface area contributed by atoms with Gasteiger partial charge in [0.15, 0.2) is 0 Å². The van der Waals surface area contributed by atoms with Gasteiger partial charge in [-0.2, -0.15) is 0 Å². The zero-order chi connectivity index (χ0) is 7.56. The highest BCUT2D eigenvalue weighted by molar-refractivity contribution is 5.72. The minimum absolute atomic E-state index is 0.118. The Kier molecular flexibility index (Phi) is 1.77. The van der Waals surface area contributed by atoms with E-state index in [0.717, 1.165) is 6.08 Å².